The SMILES string of the molecule is CC(C)(c1cc(NC(=O)Oc2ccc(Cl)cc2)no1)C(F)(F)F.COc1cc2ncnc(Sc3cccc(N)c3)c2cc1OC.COc1cc2ncnc(Sc3cccc(NC(=O)Nc4cc(C(C)(C)C(F)(F)F)on4)c3)c2cc1OC. The lowest BCUT2D eigenvalue weighted by atomic mass is 9.89. The fourth-order valence-electron chi connectivity index (χ4n) is 6.88. The number of nitrogens with zero attached hydrogens (tertiary/aromatic N) is 6. The van der Waals surface area contributed by atoms with Gasteiger partial charge in [0.05, 0.1) is 39.5 Å². The number of hydrogen-bond donors (Lipinski definition) is 4. The van der Waals surface area contributed by atoms with Crippen molar-refractivity contribution in [1.29, 1.82) is 0 Å². The third-order valence-corrected chi connectivity index (χ3v) is 14.0. The highest BCUT2D eigenvalue weighted by atomic mass is 35.5. The minimum Gasteiger partial charge on any atom is -0.493 e. The van der Waals surface area contributed by atoms with Gasteiger partial charge in [-0.05, 0) is 100 Å². The van der Waals surface area contributed by atoms with Gasteiger partial charge in [-0.3, -0.25) is 10.6 Å². The molecule has 9 aromatic rings. The minimum atomic E-state index is -4.55. The van der Waals surface area contributed by atoms with Crippen LogP contribution in [0.2, 0.25) is 5.02 Å². The normalized spacial score (nSPS) is 11.6. The average molecular weight is 1200 g/mol. The van der Waals surface area contributed by atoms with E-state index in [1.807, 2.05) is 42.5 Å². The number of rotatable bonds is 14. The Morgan fingerprint density at radius 2 is 1.01 bits per heavy atom. The highest BCUT2D eigenvalue weighted by molar-refractivity contribution is 7.99. The Morgan fingerprint density at radius 3 is 1.48 bits per heavy atom. The van der Waals surface area contributed by atoms with E-state index in [0.717, 1.165) is 76.6 Å². The number of nitrogens with one attached hydrogen (secondary N) is 3. The van der Waals surface area contributed by atoms with Crippen molar-refractivity contribution < 1.29 is 68.7 Å². The van der Waals surface area contributed by atoms with Gasteiger partial charge in [-0.15, -0.1) is 0 Å². The Morgan fingerprint density at radius 1 is 0.561 bits per heavy atom. The first-order chi connectivity index (χ1) is 38.8. The van der Waals surface area contributed by atoms with Gasteiger partial charge in [0.25, 0.3) is 0 Å². The number of amides is 3. The number of carbonyl (C=O) groups excluding carboxylic acids is 2. The van der Waals surface area contributed by atoms with Gasteiger partial charge in [0.2, 0.25) is 0 Å². The molecule has 0 saturated heterocycles. The smallest absolute Gasteiger partial charge is 0.418 e. The first-order valence-corrected chi connectivity index (χ1v) is 25.8. The van der Waals surface area contributed by atoms with Crippen LogP contribution in [0.15, 0.2) is 151 Å². The van der Waals surface area contributed by atoms with Crippen LogP contribution in [0.4, 0.5) is 58.9 Å². The molecule has 28 heteroatoms. The molecule has 0 saturated carbocycles. The number of nitrogen functional groups attached to an aromatic ring is 1. The standard InChI is InChI=1S/C24H22F3N5O4S.C16H15N3O2S.C14H12ClF3N2O3/c1-23(2,24(25,26)27)19-11-20(32-36-19)31-22(33)30-13-6-5-7-14(8-13)37-21-15-9-17(34-3)18(35-4)10-16(15)28-12-29-21;1-20-14-7-12-13(8-15(14)21-2)18-9-19-16(12)22-11-5-3-4-10(17)6-11;1-13(2,14(16,17)18)10-7-11(20-23-10)19-12(21)22-9-5-3-8(15)4-6-9/h5-12H,1-4H3,(H2,30,31,32,33);3-9H,17H2,1-2H3;3-7H,1-2H3,(H,19,20,21). The topological polar surface area (TPSA) is 246 Å². The van der Waals surface area contributed by atoms with Gasteiger partial charge in [-0.1, -0.05) is 57.6 Å². The van der Waals surface area contributed by atoms with E-state index in [9.17, 15) is 35.9 Å². The molecule has 0 radical (unpaired) electrons. The van der Waals surface area contributed by atoms with Crippen LogP contribution in [0.25, 0.3) is 21.8 Å². The number of anilines is 4. The quantitative estimate of drug-likeness (QED) is 0.0449. The van der Waals surface area contributed by atoms with Crippen LogP contribution in [0.1, 0.15) is 39.2 Å². The molecular formula is C54H49ClF6N10O9S2. The summed E-state index contributed by atoms with van der Waals surface area (Å²) < 4.78 is 114. The molecule has 4 heterocycles. The third kappa shape index (κ3) is 15.0. The summed E-state index contributed by atoms with van der Waals surface area (Å²) >= 11 is 8.58. The molecule has 0 aliphatic heterocycles. The number of alkyl halides is 6. The number of methoxy groups -OCH3 is 4. The second-order valence-corrected chi connectivity index (χ2v) is 20.6. The summed E-state index contributed by atoms with van der Waals surface area (Å²) in [5.74, 6) is 1.42. The second-order valence-electron chi connectivity index (χ2n) is 18.1. The van der Waals surface area contributed by atoms with Crippen LogP contribution in [0, 0.1) is 0 Å². The lowest BCUT2D eigenvalue weighted by Crippen LogP contribution is -2.35. The summed E-state index contributed by atoms with van der Waals surface area (Å²) in [5, 5.41) is 17.7. The number of fused-ring (bicyclic) bond motifs is 2. The first-order valence-electron chi connectivity index (χ1n) is 23.8. The number of aromatic nitrogens is 6. The molecule has 0 spiro atoms. The van der Waals surface area contributed by atoms with Crippen LogP contribution in [0.5, 0.6) is 28.7 Å². The minimum absolute atomic E-state index is 0.146. The molecule has 0 bridgehead atoms. The summed E-state index contributed by atoms with van der Waals surface area (Å²) in [4.78, 5) is 43.2. The van der Waals surface area contributed by atoms with Gasteiger partial charge in [-0.25, -0.2) is 29.5 Å². The van der Waals surface area contributed by atoms with E-state index in [1.54, 1.807) is 58.0 Å². The van der Waals surface area contributed by atoms with E-state index in [1.165, 1.54) is 61.2 Å². The molecule has 9 rings (SSSR count). The number of benzene rings is 5. The van der Waals surface area contributed by atoms with Crippen molar-refractivity contribution in [1.82, 2.24) is 30.2 Å². The summed E-state index contributed by atoms with van der Waals surface area (Å²) in [6, 6.07) is 29.2. The predicted octanol–water partition coefficient (Wildman–Crippen LogP) is 14.4. The maximum atomic E-state index is 13.2. The molecule has 0 aliphatic carbocycles. The Hall–Kier alpha value is -8.69. The van der Waals surface area contributed by atoms with Crippen LogP contribution >= 0.6 is 35.1 Å². The maximum Gasteiger partial charge on any atom is 0.418 e. The zero-order valence-corrected chi connectivity index (χ0v) is 46.8. The van der Waals surface area contributed by atoms with E-state index in [4.69, 9.17) is 45.5 Å². The molecule has 0 aliphatic rings. The number of nitrogens with two attached hydrogens (primary N) is 1. The highest BCUT2D eigenvalue weighted by Crippen LogP contribution is 2.43. The molecule has 19 nitrogen and oxygen atoms in total. The van der Waals surface area contributed by atoms with Crippen molar-refractivity contribution in [3.63, 3.8) is 0 Å². The maximum absolute atomic E-state index is 13.2. The molecule has 3 amide bonds. The Balaban J connectivity index is 0.000000187. The highest BCUT2D eigenvalue weighted by Gasteiger charge is 2.52. The van der Waals surface area contributed by atoms with Crippen LogP contribution in [-0.2, 0) is 10.8 Å². The Labute approximate surface area is 476 Å². The largest absolute Gasteiger partial charge is 0.493 e. The number of carbonyl (C=O) groups is 2. The molecule has 4 aromatic heterocycles. The zero-order chi connectivity index (χ0) is 59.6. The van der Waals surface area contributed by atoms with E-state index in [-0.39, 0.29) is 17.4 Å². The van der Waals surface area contributed by atoms with Crippen LogP contribution in [0.3, 0.4) is 0 Å². The van der Waals surface area contributed by atoms with E-state index < -0.39 is 46.8 Å². The van der Waals surface area contributed by atoms with Crippen molar-refractivity contribution >= 4 is 92.1 Å². The summed E-state index contributed by atoms with van der Waals surface area (Å²) in [6.45, 7) is 3.83. The molecule has 5 N–H and O–H groups in total. The molecular weight excluding hydrogens is 1150 g/mol. The van der Waals surface area contributed by atoms with Crippen molar-refractivity contribution in [3.8, 4) is 28.7 Å². The fraction of sp³-hybridized carbons (Fsp3) is 0.222. The van der Waals surface area contributed by atoms with Crippen LogP contribution in [-0.4, -0.2) is 83.2 Å². The molecule has 5 aromatic carbocycles. The molecule has 82 heavy (non-hydrogen) atoms. The van der Waals surface area contributed by atoms with E-state index >= 15 is 0 Å². The molecule has 0 unspecified atom stereocenters. The first kappa shape index (κ1) is 60.9. The summed E-state index contributed by atoms with van der Waals surface area (Å²) in [5.41, 5.74) is 3.97. The van der Waals surface area contributed by atoms with Crippen molar-refractivity contribution in [2.24, 2.45) is 0 Å². The third-order valence-electron chi connectivity index (χ3n) is 11.8. The van der Waals surface area contributed by atoms with Gasteiger partial charge in [0, 0.05) is 61.2 Å². The predicted molar refractivity (Wildman–Crippen MR) is 296 cm³/mol. The van der Waals surface area contributed by atoms with Crippen molar-refractivity contribution in [2.75, 3.05) is 50.1 Å². The molecule has 0 atom stereocenters. The average Bonchev–Trinajstić information content (AvgIpc) is 4.04. The zero-order valence-electron chi connectivity index (χ0n) is 44.4. The molecule has 0 fully saturated rings. The van der Waals surface area contributed by atoms with Crippen molar-refractivity contribution in [3.05, 3.63) is 138 Å². The summed E-state index contributed by atoms with van der Waals surface area (Å²) in [6.07, 6.45) is -7.00. The van der Waals surface area contributed by atoms with Crippen LogP contribution < -0.4 is 45.4 Å². The van der Waals surface area contributed by atoms with E-state index in [0.29, 0.717) is 44.3 Å². The fourth-order valence-corrected chi connectivity index (χ4v) is 8.87. The Kier molecular flexibility index (Phi) is 19.2. The van der Waals surface area contributed by atoms with Crippen molar-refractivity contribution in [2.45, 2.75) is 70.7 Å². The van der Waals surface area contributed by atoms with Gasteiger partial charge < -0.3 is 43.8 Å². The second kappa shape index (κ2) is 25.8. The lowest BCUT2D eigenvalue weighted by molar-refractivity contribution is -0.186. The monoisotopic (exact) mass is 1190 g/mol. The number of hydrogen-bond acceptors (Lipinski definition) is 18. The number of ether oxygens (including phenoxy) is 5. The lowest BCUT2D eigenvalue weighted by Gasteiger charge is -2.24. The van der Waals surface area contributed by atoms with Gasteiger partial charge in [-0.2, -0.15) is 26.3 Å². The number of halogens is 7. The molecule has 430 valence electrons. The van der Waals surface area contributed by atoms with Gasteiger partial charge in [0.1, 0.15) is 39.3 Å². The van der Waals surface area contributed by atoms with E-state index in [2.05, 4.69) is 50.7 Å². The van der Waals surface area contributed by atoms with Gasteiger partial charge in [0.15, 0.2) is 46.2 Å². The number of urea groups is 1. The summed E-state index contributed by atoms with van der Waals surface area (Å²) in [7, 11) is 6.29. The van der Waals surface area contributed by atoms with Gasteiger partial charge >= 0.3 is 24.5 Å². The Bertz CT molecular complexity index is 3700.